The molecule has 2 aromatic rings. The lowest BCUT2D eigenvalue weighted by atomic mass is 10.2. The molecule has 1 aromatic heterocycles. The van der Waals surface area contributed by atoms with E-state index in [4.69, 9.17) is 4.74 Å². The Kier molecular flexibility index (Phi) is 4.74. The van der Waals surface area contributed by atoms with Gasteiger partial charge in [-0.15, -0.1) is 0 Å². The van der Waals surface area contributed by atoms with Gasteiger partial charge in [0.2, 0.25) is 0 Å². The van der Waals surface area contributed by atoms with E-state index in [2.05, 4.69) is 26.1 Å². The van der Waals surface area contributed by atoms with Gasteiger partial charge < -0.3 is 9.64 Å². The van der Waals surface area contributed by atoms with Gasteiger partial charge in [0.25, 0.3) is 11.5 Å². The number of aromatic amines is 1. The first-order valence-electron chi connectivity index (χ1n) is 6.15. The second kappa shape index (κ2) is 6.53. The smallest absolute Gasteiger partial charge is 0.274 e. The summed E-state index contributed by atoms with van der Waals surface area (Å²) in [6.07, 6.45) is 0. The number of hydrogen-bond acceptors (Lipinski definition) is 4. The van der Waals surface area contributed by atoms with E-state index < -0.39 is 0 Å². The minimum Gasteiger partial charge on any atom is -0.496 e. The summed E-state index contributed by atoms with van der Waals surface area (Å²) < 4.78 is 6.18. The summed E-state index contributed by atoms with van der Waals surface area (Å²) in [6, 6.07) is 8.26. The Labute approximate surface area is 129 Å². The van der Waals surface area contributed by atoms with Gasteiger partial charge in [-0.05, 0) is 24.3 Å². The number of halogens is 1. The molecular formula is C14H14BrN3O3. The molecule has 1 aromatic carbocycles. The van der Waals surface area contributed by atoms with E-state index in [0.717, 1.165) is 10.0 Å². The Morgan fingerprint density at radius 1 is 1.38 bits per heavy atom. The van der Waals surface area contributed by atoms with Crippen LogP contribution in [0.2, 0.25) is 0 Å². The third kappa shape index (κ3) is 3.69. The quantitative estimate of drug-likeness (QED) is 0.911. The molecule has 0 unspecified atom stereocenters. The Balaban J connectivity index is 2.19. The lowest BCUT2D eigenvalue weighted by molar-refractivity contribution is 0.0777. The lowest BCUT2D eigenvalue weighted by Crippen LogP contribution is -2.28. The summed E-state index contributed by atoms with van der Waals surface area (Å²) in [5.41, 5.74) is 0.709. The maximum Gasteiger partial charge on any atom is 0.274 e. The zero-order valence-electron chi connectivity index (χ0n) is 11.6. The van der Waals surface area contributed by atoms with Gasteiger partial charge in [0.05, 0.1) is 7.11 Å². The van der Waals surface area contributed by atoms with Crippen LogP contribution in [-0.2, 0) is 6.54 Å². The topological polar surface area (TPSA) is 75.3 Å². The number of H-pyrrole nitrogens is 1. The van der Waals surface area contributed by atoms with Gasteiger partial charge in [-0.1, -0.05) is 15.9 Å². The Morgan fingerprint density at radius 3 is 2.76 bits per heavy atom. The molecule has 0 aliphatic carbocycles. The van der Waals surface area contributed by atoms with Crippen LogP contribution < -0.4 is 10.3 Å². The number of carbonyl (C=O) groups excluding carboxylic acids is 1. The number of nitrogens with one attached hydrogen (secondary N) is 1. The van der Waals surface area contributed by atoms with Gasteiger partial charge in [0.15, 0.2) is 0 Å². The molecule has 0 atom stereocenters. The molecule has 110 valence electrons. The van der Waals surface area contributed by atoms with Crippen molar-refractivity contribution in [2.24, 2.45) is 0 Å². The average Bonchev–Trinajstić information content (AvgIpc) is 2.47. The molecule has 0 bridgehead atoms. The highest BCUT2D eigenvalue weighted by Crippen LogP contribution is 2.24. The van der Waals surface area contributed by atoms with Crippen molar-refractivity contribution in [3.63, 3.8) is 0 Å². The summed E-state index contributed by atoms with van der Waals surface area (Å²) in [6.45, 7) is 0.363. The van der Waals surface area contributed by atoms with Gasteiger partial charge in [-0.25, -0.2) is 5.10 Å². The van der Waals surface area contributed by atoms with Crippen LogP contribution in [0.4, 0.5) is 0 Å². The summed E-state index contributed by atoms with van der Waals surface area (Å²) in [4.78, 5) is 24.7. The van der Waals surface area contributed by atoms with Gasteiger partial charge >= 0.3 is 0 Å². The number of rotatable bonds is 4. The molecule has 0 aliphatic rings. The number of benzene rings is 1. The molecule has 0 radical (unpaired) electrons. The largest absolute Gasteiger partial charge is 0.496 e. The van der Waals surface area contributed by atoms with Gasteiger partial charge in [-0.3, -0.25) is 9.59 Å². The highest BCUT2D eigenvalue weighted by atomic mass is 79.9. The zero-order chi connectivity index (χ0) is 15.4. The molecule has 1 amide bonds. The minimum absolute atomic E-state index is 0.186. The first-order chi connectivity index (χ1) is 10.0. The van der Waals surface area contributed by atoms with Crippen molar-refractivity contribution in [1.82, 2.24) is 15.1 Å². The standard InChI is InChI=1S/C14H14BrN3O3/c1-18(14(20)11-4-6-13(19)17-16-11)8-9-7-10(15)3-5-12(9)21-2/h3-7H,8H2,1-2H3,(H,17,19). The van der Waals surface area contributed by atoms with E-state index in [9.17, 15) is 9.59 Å². The fourth-order valence-corrected chi connectivity index (χ4v) is 2.27. The van der Waals surface area contributed by atoms with Crippen molar-refractivity contribution in [1.29, 1.82) is 0 Å². The molecule has 0 spiro atoms. The summed E-state index contributed by atoms with van der Waals surface area (Å²) >= 11 is 3.39. The number of methoxy groups -OCH3 is 1. The van der Waals surface area contributed by atoms with Crippen LogP contribution >= 0.6 is 15.9 Å². The summed E-state index contributed by atoms with van der Waals surface area (Å²) in [7, 11) is 3.24. The SMILES string of the molecule is COc1ccc(Br)cc1CN(C)C(=O)c1ccc(=O)[nH]n1. The maximum absolute atomic E-state index is 12.2. The van der Waals surface area contributed by atoms with E-state index in [-0.39, 0.29) is 17.2 Å². The fraction of sp³-hybridized carbons (Fsp3) is 0.214. The van der Waals surface area contributed by atoms with Crippen LogP contribution in [0.1, 0.15) is 16.1 Å². The lowest BCUT2D eigenvalue weighted by Gasteiger charge is -2.18. The van der Waals surface area contributed by atoms with Crippen molar-refractivity contribution in [3.05, 3.63) is 56.4 Å². The van der Waals surface area contributed by atoms with Gasteiger partial charge in [0.1, 0.15) is 11.4 Å². The monoisotopic (exact) mass is 351 g/mol. The number of carbonyl (C=O) groups is 1. The van der Waals surface area contributed by atoms with E-state index in [1.807, 2.05) is 18.2 Å². The van der Waals surface area contributed by atoms with Crippen molar-refractivity contribution < 1.29 is 9.53 Å². The predicted molar refractivity (Wildman–Crippen MR) is 81.3 cm³/mol. The van der Waals surface area contributed by atoms with Crippen LogP contribution in [0, 0.1) is 0 Å². The molecule has 0 saturated heterocycles. The Morgan fingerprint density at radius 2 is 2.14 bits per heavy atom. The van der Waals surface area contributed by atoms with Crippen LogP contribution in [-0.4, -0.2) is 35.2 Å². The third-order valence-electron chi connectivity index (χ3n) is 2.89. The van der Waals surface area contributed by atoms with E-state index >= 15 is 0 Å². The Bertz CT molecular complexity index is 694. The van der Waals surface area contributed by atoms with Crippen LogP contribution in [0.25, 0.3) is 0 Å². The summed E-state index contributed by atoms with van der Waals surface area (Å²) in [5.74, 6) is 0.417. The predicted octanol–water partition coefficient (Wildman–Crippen LogP) is 1.81. The van der Waals surface area contributed by atoms with Crippen molar-refractivity contribution in [2.45, 2.75) is 6.54 Å². The fourth-order valence-electron chi connectivity index (χ4n) is 1.86. The van der Waals surface area contributed by atoms with Gasteiger partial charge in [-0.2, -0.15) is 5.10 Å². The second-order valence-corrected chi connectivity index (χ2v) is 5.34. The normalized spacial score (nSPS) is 10.2. The van der Waals surface area contributed by atoms with Crippen molar-refractivity contribution in [3.8, 4) is 5.75 Å². The molecule has 7 heteroatoms. The molecule has 0 aliphatic heterocycles. The van der Waals surface area contributed by atoms with E-state index in [1.54, 1.807) is 14.2 Å². The van der Waals surface area contributed by atoms with Gasteiger partial charge in [0, 0.05) is 29.7 Å². The highest BCUT2D eigenvalue weighted by Gasteiger charge is 2.15. The van der Waals surface area contributed by atoms with Crippen LogP contribution in [0.15, 0.2) is 39.6 Å². The van der Waals surface area contributed by atoms with E-state index in [0.29, 0.717) is 12.3 Å². The number of aromatic nitrogens is 2. The van der Waals surface area contributed by atoms with Crippen LogP contribution in [0.3, 0.4) is 0 Å². The zero-order valence-corrected chi connectivity index (χ0v) is 13.2. The first kappa shape index (κ1) is 15.2. The van der Waals surface area contributed by atoms with E-state index in [1.165, 1.54) is 17.0 Å². The number of nitrogens with zero attached hydrogens (tertiary/aromatic N) is 2. The highest BCUT2D eigenvalue weighted by molar-refractivity contribution is 9.10. The maximum atomic E-state index is 12.2. The molecule has 0 saturated carbocycles. The third-order valence-corrected chi connectivity index (χ3v) is 3.39. The average molecular weight is 352 g/mol. The molecule has 1 heterocycles. The number of ether oxygens (including phenoxy) is 1. The van der Waals surface area contributed by atoms with Crippen molar-refractivity contribution in [2.75, 3.05) is 14.2 Å². The minimum atomic E-state index is -0.345. The second-order valence-electron chi connectivity index (χ2n) is 4.42. The number of amides is 1. The molecule has 21 heavy (non-hydrogen) atoms. The molecule has 2 rings (SSSR count). The number of hydrogen-bond donors (Lipinski definition) is 1. The summed E-state index contributed by atoms with van der Waals surface area (Å²) in [5, 5.41) is 5.98. The first-order valence-corrected chi connectivity index (χ1v) is 6.94. The molecule has 0 fully saturated rings. The molecule has 1 N–H and O–H groups in total. The molecule has 6 nitrogen and oxygen atoms in total. The molecular weight excluding hydrogens is 338 g/mol. The van der Waals surface area contributed by atoms with Crippen LogP contribution in [0.5, 0.6) is 5.75 Å². The Hall–Kier alpha value is -2.15. The van der Waals surface area contributed by atoms with Crippen molar-refractivity contribution >= 4 is 21.8 Å².